The molecule has 160 valence electrons. The van der Waals surface area contributed by atoms with Crippen molar-refractivity contribution in [2.75, 3.05) is 5.32 Å². The third-order valence-electron chi connectivity index (χ3n) is 4.36. The molecule has 1 heterocycles. The Balaban J connectivity index is 1.76. The Hall–Kier alpha value is -3.60. The van der Waals surface area contributed by atoms with Gasteiger partial charge in [-0.3, -0.25) is 9.78 Å². The van der Waals surface area contributed by atoms with Gasteiger partial charge in [0.05, 0.1) is 4.90 Å². The number of carbonyl (C=O) groups excluding carboxylic acids is 1. The maximum absolute atomic E-state index is 12.7. The van der Waals surface area contributed by atoms with Crippen LogP contribution in [-0.2, 0) is 21.2 Å². The number of nitrogens with one attached hydrogen (secondary N) is 2. The van der Waals surface area contributed by atoms with Crippen molar-refractivity contribution in [3.8, 4) is 0 Å². The van der Waals surface area contributed by atoms with Crippen molar-refractivity contribution in [1.82, 2.24) is 9.71 Å². The summed E-state index contributed by atoms with van der Waals surface area (Å²) in [6.07, 6.45) is 2.61. The van der Waals surface area contributed by atoms with Gasteiger partial charge < -0.3 is 16.2 Å². The van der Waals surface area contributed by atoms with Crippen LogP contribution >= 0.6 is 0 Å². The molecule has 0 saturated carbocycles. The molecule has 0 aliphatic rings. The topological polar surface area (TPSA) is 151 Å². The second-order valence-electron chi connectivity index (χ2n) is 6.76. The van der Waals surface area contributed by atoms with Crippen molar-refractivity contribution in [2.45, 2.75) is 17.0 Å². The van der Waals surface area contributed by atoms with Crippen LogP contribution in [0.4, 0.5) is 5.69 Å². The lowest BCUT2D eigenvalue weighted by Crippen LogP contribution is -2.62. The molecule has 1 atom stereocenters. The molecule has 1 amide bonds. The van der Waals surface area contributed by atoms with Crippen molar-refractivity contribution in [2.24, 2.45) is 5.73 Å². The number of carboxylic acid groups (broad SMARTS) is 1. The molecule has 0 fully saturated rings. The maximum atomic E-state index is 12.7. The third-order valence-corrected chi connectivity index (χ3v) is 5.89. The molecule has 0 bridgehead atoms. The zero-order valence-corrected chi connectivity index (χ0v) is 17.0. The van der Waals surface area contributed by atoms with Crippen LogP contribution in [0.3, 0.4) is 0 Å². The van der Waals surface area contributed by atoms with E-state index in [4.69, 9.17) is 5.73 Å². The van der Waals surface area contributed by atoms with E-state index in [2.05, 4.69) is 15.0 Å². The molecule has 0 saturated heterocycles. The number of sulfonamides is 1. The highest BCUT2D eigenvalue weighted by Crippen LogP contribution is 2.18. The van der Waals surface area contributed by atoms with E-state index >= 15 is 0 Å². The zero-order chi connectivity index (χ0) is 22.5. The minimum Gasteiger partial charge on any atom is -0.479 e. The van der Waals surface area contributed by atoms with Crippen molar-refractivity contribution in [3.05, 3.63) is 90.3 Å². The summed E-state index contributed by atoms with van der Waals surface area (Å²) in [5.74, 6) is -1.88. The second kappa shape index (κ2) is 9.04. The van der Waals surface area contributed by atoms with Crippen LogP contribution in [-0.4, -0.2) is 36.0 Å². The molecule has 10 heteroatoms. The molecular weight excluding hydrogens is 420 g/mol. The Labute approximate surface area is 179 Å². The molecule has 1 aromatic heterocycles. The molecule has 0 radical (unpaired) electrons. The van der Waals surface area contributed by atoms with Gasteiger partial charge in [0.15, 0.2) is 5.66 Å². The number of amides is 1. The molecule has 0 aliphatic heterocycles. The Kier molecular flexibility index (Phi) is 6.44. The van der Waals surface area contributed by atoms with Gasteiger partial charge in [-0.15, -0.1) is 0 Å². The average molecular weight is 440 g/mol. The van der Waals surface area contributed by atoms with E-state index in [9.17, 15) is 23.1 Å². The van der Waals surface area contributed by atoms with Gasteiger partial charge in [0, 0.05) is 30.1 Å². The lowest BCUT2D eigenvalue weighted by Gasteiger charge is -2.25. The summed E-state index contributed by atoms with van der Waals surface area (Å²) in [4.78, 5) is 27.6. The van der Waals surface area contributed by atoms with E-state index in [-0.39, 0.29) is 17.2 Å². The van der Waals surface area contributed by atoms with Gasteiger partial charge >= 0.3 is 5.97 Å². The number of carbonyl (C=O) groups is 2. The maximum Gasteiger partial charge on any atom is 0.340 e. The second-order valence-corrected chi connectivity index (χ2v) is 8.45. The number of benzene rings is 2. The smallest absolute Gasteiger partial charge is 0.340 e. The number of hydrogen-bond acceptors (Lipinski definition) is 6. The molecule has 5 N–H and O–H groups in total. The Morgan fingerprint density at radius 2 is 1.68 bits per heavy atom. The fraction of sp³-hybridized carbons (Fsp3) is 0.0952. The first kappa shape index (κ1) is 22.1. The van der Waals surface area contributed by atoms with E-state index in [0.29, 0.717) is 16.8 Å². The lowest BCUT2D eigenvalue weighted by atomic mass is 10.0. The number of pyridine rings is 1. The van der Waals surface area contributed by atoms with Crippen LogP contribution in [0.25, 0.3) is 0 Å². The molecule has 2 aromatic carbocycles. The lowest BCUT2D eigenvalue weighted by molar-refractivity contribution is -0.143. The molecule has 31 heavy (non-hydrogen) atoms. The van der Waals surface area contributed by atoms with Gasteiger partial charge in [-0.1, -0.05) is 24.3 Å². The summed E-state index contributed by atoms with van der Waals surface area (Å²) in [6, 6.07) is 17.0. The number of aromatic nitrogens is 1. The third kappa shape index (κ3) is 5.51. The normalized spacial score (nSPS) is 13.2. The summed E-state index contributed by atoms with van der Waals surface area (Å²) in [6.45, 7) is 0. The number of carboxylic acids is 1. The van der Waals surface area contributed by atoms with E-state index in [1.54, 1.807) is 42.5 Å². The predicted molar refractivity (Wildman–Crippen MR) is 114 cm³/mol. The van der Waals surface area contributed by atoms with Crippen LogP contribution in [0.2, 0.25) is 0 Å². The Bertz CT molecular complexity index is 1170. The highest BCUT2D eigenvalue weighted by atomic mass is 32.2. The summed E-state index contributed by atoms with van der Waals surface area (Å²) in [5.41, 5.74) is 4.88. The van der Waals surface area contributed by atoms with E-state index < -0.39 is 21.7 Å². The summed E-state index contributed by atoms with van der Waals surface area (Å²) in [7, 11) is -4.27. The van der Waals surface area contributed by atoms with Gasteiger partial charge in [0.2, 0.25) is 10.0 Å². The minimum absolute atomic E-state index is 0.201. The Morgan fingerprint density at radius 3 is 2.26 bits per heavy atom. The van der Waals surface area contributed by atoms with Crippen molar-refractivity contribution >= 4 is 27.6 Å². The molecule has 3 aromatic rings. The van der Waals surface area contributed by atoms with Crippen molar-refractivity contribution < 1.29 is 23.1 Å². The first-order valence-corrected chi connectivity index (χ1v) is 10.6. The molecular formula is C21H20N4O5S. The molecule has 0 aliphatic carbocycles. The standard InChI is InChI=1S/C21H20N4O5S/c22-21(20(27)28,13-15-5-4-12-23-14-15)25-31(29,30)18-10-8-17(9-11-18)24-19(26)16-6-2-1-3-7-16/h1-12,14,25H,13,22H2,(H,24,26)(H,27,28)/t21-/m0/s1. The monoisotopic (exact) mass is 440 g/mol. The SMILES string of the molecule is N[C@@](Cc1cccnc1)(NS(=O)(=O)c1ccc(NC(=O)c2ccccc2)cc1)C(=O)O. The zero-order valence-electron chi connectivity index (χ0n) is 16.2. The number of rotatable bonds is 8. The van der Waals surface area contributed by atoms with E-state index in [1.807, 2.05) is 0 Å². The fourth-order valence-electron chi connectivity index (χ4n) is 2.79. The molecule has 3 rings (SSSR count). The minimum atomic E-state index is -4.27. The number of nitrogens with two attached hydrogens (primary N) is 1. The van der Waals surface area contributed by atoms with Crippen LogP contribution in [0.5, 0.6) is 0 Å². The van der Waals surface area contributed by atoms with Gasteiger partial charge in [-0.25, -0.2) is 13.2 Å². The highest BCUT2D eigenvalue weighted by Gasteiger charge is 2.39. The first-order valence-electron chi connectivity index (χ1n) is 9.11. The summed E-state index contributed by atoms with van der Waals surface area (Å²) >= 11 is 0. The number of anilines is 1. The first-order chi connectivity index (χ1) is 14.7. The molecule has 0 spiro atoms. The van der Waals surface area contributed by atoms with Gasteiger partial charge in [-0.05, 0) is 48.0 Å². The van der Waals surface area contributed by atoms with Gasteiger partial charge in [0.25, 0.3) is 5.91 Å². The predicted octanol–water partition coefficient (Wildman–Crippen LogP) is 1.59. The number of aliphatic carboxylic acids is 1. The van der Waals surface area contributed by atoms with Crippen molar-refractivity contribution in [1.29, 1.82) is 0 Å². The summed E-state index contributed by atoms with van der Waals surface area (Å²) < 4.78 is 27.5. The number of nitrogens with zero attached hydrogens (tertiary/aromatic N) is 1. The van der Waals surface area contributed by atoms with E-state index in [1.165, 1.54) is 36.7 Å². The van der Waals surface area contributed by atoms with Crippen LogP contribution in [0.1, 0.15) is 15.9 Å². The summed E-state index contributed by atoms with van der Waals surface area (Å²) in [5, 5.41) is 12.2. The van der Waals surface area contributed by atoms with Crippen LogP contribution < -0.4 is 15.8 Å². The largest absolute Gasteiger partial charge is 0.479 e. The van der Waals surface area contributed by atoms with Crippen LogP contribution in [0.15, 0.2) is 84.0 Å². The van der Waals surface area contributed by atoms with Gasteiger partial charge in [0.1, 0.15) is 0 Å². The molecule has 0 unspecified atom stereocenters. The molecule has 9 nitrogen and oxygen atoms in total. The number of hydrogen-bond donors (Lipinski definition) is 4. The average Bonchev–Trinajstić information content (AvgIpc) is 2.75. The van der Waals surface area contributed by atoms with Gasteiger partial charge in [-0.2, -0.15) is 4.72 Å². The quantitative estimate of drug-likeness (QED) is 0.388. The Morgan fingerprint density at radius 1 is 1.00 bits per heavy atom. The van der Waals surface area contributed by atoms with E-state index in [0.717, 1.165) is 0 Å². The highest BCUT2D eigenvalue weighted by molar-refractivity contribution is 7.89. The van der Waals surface area contributed by atoms with Crippen molar-refractivity contribution in [3.63, 3.8) is 0 Å². The van der Waals surface area contributed by atoms with Crippen LogP contribution in [0, 0.1) is 0 Å². The fourth-order valence-corrected chi connectivity index (χ4v) is 4.04.